The maximum absolute atomic E-state index is 13.9. The van der Waals surface area contributed by atoms with Crippen LogP contribution in [0.1, 0.15) is 6.92 Å². The normalized spacial score (nSPS) is 50.7. The smallest absolute Gasteiger partial charge is 0.117 e. The van der Waals surface area contributed by atoms with Crippen molar-refractivity contribution in [2.75, 3.05) is 24.6 Å². The number of halogens is 1. The second kappa shape index (κ2) is 2.63. The number of hydrogen-bond acceptors (Lipinski definition) is 2. The van der Waals surface area contributed by atoms with Crippen LogP contribution in [0.2, 0.25) is 0 Å². The molecule has 2 aliphatic heterocycles. The van der Waals surface area contributed by atoms with Crippen LogP contribution in [-0.4, -0.2) is 30.3 Å². The zero-order chi connectivity index (χ0) is 7.90. The van der Waals surface area contributed by atoms with Crippen LogP contribution in [0.5, 0.6) is 0 Å². The van der Waals surface area contributed by atoms with E-state index in [1.54, 1.807) is 6.92 Å². The van der Waals surface area contributed by atoms with Crippen molar-refractivity contribution in [3.05, 3.63) is 0 Å². The van der Waals surface area contributed by atoms with E-state index >= 15 is 0 Å². The molecule has 2 saturated heterocycles. The zero-order valence-corrected chi connectivity index (χ0v) is 7.59. The minimum atomic E-state index is -0.892. The van der Waals surface area contributed by atoms with Gasteiger partial charge in [0, 0.05) is 36.4 Å². The maximum atomic E-state index is 13.9. The van der Waals surface area contributed by atoms with Gasteiger partial charge in [-0.2, -0.15) is 11.8 Å². The molecule has 1 nitrogen and oxygen atoms in total. The van der Waals surface area contributed by atoms with Crippen LogP contribution in [0, 0.1) is 11.8 Å². The summed E-state index contributed by atoms with van der Waals surface area (Å²) in [7, 11) is 0. The number of rotatable bonds is 0. The van der Waals surface area contributed by atoms with Crippen LogP contribution in [0.3, 0.4) is 0 Å². The Bertz CT molecular complexity index is 136. The molecule has 2 bridgehead atoms. The first kappa shape index (κ1) is 7.87. The summed E-state index contributed by atoms with van der Waals surface area (Å²) in [6, 6.07) is 0. The van der Waals surface area contributed by atoms with Crippen molar-refractivity contribution < 1.29 is 4.39 Å². The highest BCUT2D eigenvalue weighted by molar-refractivity contribution is 7.99. The summed E-state index contributed by atoms with van der Waals surface area (Å²) >= 11 is 1.91. The van der Waals surface area contributed by atoms with E-state index in [1.165, 1.54) is 0 Å². The molecule has 3 heteroatoms. The van der Waals surface area contributed by atoms with Crippen LogP contribution >= 0.6 is 11.8 Å². The standard InChI is InChI=1S/C8H14FNS/c1-8(9)6-2-10-3-7(8)5-11-4-6/h6-7,10H,2-5H2,1H3. The molecule has 2 atom stereocenters. The lowest BCUT2D eigenvalue weighted by atomic mass is 9.78. The lowest BCUT2D eigenvalue weighted by molar-refractivity contribution is 0.0252. The minimum absolute atomic E-state index is 0.250. The van der Waals surface area contributed by atoms with Crippen molar-refractivity contribution in [1.29, 1.82) is 0 Å². The topological polar surface area (TPSA) is 12.0 Å². The van der Waals surface area contributed by atoms with E-state index in [1.807, 2.05) is 11.8 Å². The van der Waals surface area contributed by atoms with Gasteiger partial charge in [-0.15, -0.1) is 0 Å². The Morgan fingerprint density at radius 2 is 1.91 bits per heavy atom. The molecule has 0 aromatic heterocycles. The molecule has 0 saturated carbocycles. The highest BCUT2D eigenvalue weighted by Crippen LogP contribution is 2.41. The molecule has 11 heavy (non-hydrogen) atoms. The van der Waals surface area contributed by atoms with E-state index < -0.39 is 5.67 Å². The molecular weight excluding hydrogens is 161 g/mol. The molecule has 64 valence electrons. The number of fused-ring (bicyclic) bond motifs is 2. The van der Waals surface area contributed by atoms with E-state index in [2.05, 4.69) is 5.32 Å². The molecule has 0 aromatic rings. The van der Waals surface area contributed by atoms with E-state index in [4.69, 9.17) is 0 Å². The molecule has 0 amide bonds. The van der Waals surface area contributed by atoms with Gasteiger partial charge in [0.05, 0.1) is 0 Å². The second-order valence-corrected chi connectivity index (χ2v) is 4.82. The summed E-state index contributed by atoms with van der Waals surface area (Å²) in [6.07, 6.45) is 0. The van der Waals surface area contributed by atoms with Gasteiger partial charge in [0.15, 0.2) is 0 Å². The third-order valence-corrected chi connectivity index (χ3v) is 4.29. The van der Waals surface area contributed by atoms with Crippen molar-refractivity contribution in [1.82, 2.24) is 5.32 Å². The molecule has 0 aliphatic carbocycles. The fourth-order valence-electron chi connectivity index (χ4n) is 1.96. The van der Waals surface area contributed by atoms with Crippen LogP contribution < -0.4 is 5.32 Å². The molecule has 2 heterocycles. The van der Waals surface area contributed by atoms with Crippen molar-refractivity contribution in [3.8, 4) is 0 Å². The van der Waals surface area contributed by atoms with E-state index in [9.17, 15) is 4.39 Å². The first-order valence-electron chi connectivity index (χ1n) is 4.18. The van der Waals surface area contributed by atoms with Crippen LogP contribution in [0.25, 0.3) is 0 Å². The Balaban J connectivity index is 2.17. The summed E-state index contributed by atoms with van der Waals surface area (Å²) in [5.41, 5.74) is -0.892. The number of piperidine rings is 1. The second-order valence-electron chi connectivity index (χ2n) is 3.74. The molecular formula is C8H14FNS. The van der Waals surface area contributed by atoms with E-state index in [-0.39, 0.29) is 11.8 Å². The van der Waals surface area contributed by atoms with Crippen LogP contribution in [-0.2, 0) is 0 Å². The van der Waals surface area contributed by atoms with Gasteiger partial charge >= 0.3 is 0 Å². The highest BCUT2D eigenvalue weighted by atomic mass is 32.2. The fraction of sp³-hybridized carbons (Fsp3) is 1.00. The Labute approximate surface area is 71.1 Å². The summed E-state index contributed by atoms with van der Waals surface area (Å²) < 4.78 is 13.9. The molecule has 1 N–H and O–H groups in total. The molecule has 0 aromatic carbocycles. The van der Waals surface area contributed by atoms with Gasteiger partial charge in [0.2, 0.25) is 0 Å². The van der Waals surface area contributed by atoms with Gasteiger partial charge in [-0.1, -0.05) is 0 Å². The maximum Gasteiger partial charge on any atom is 0.117 e. The SMILES string of the molecule is CC1(F)C2CNCC1CSC2. The third kappa shape index (κ3) is 1.18. The summed E-state index contributed by atoms with van der Waals surface area (Å²) in [5, 5.41) is 3.29. The van der Waals surface area contributed by atoms with Gasteiger partial charge in [-0.05, 0) is 6.92 Å². The van der Waals surface area contributed by atoms with Gasteiger partial charge in [0.1, 0.15) is 5.67 Å². The minimum Gasteiger partial charge on any atom is -0.316 e. The van der Waals surface area contributed by atoms with Gasteiger partial charge in [-0.3, -0.25) is 0 Å². The van der Waals surface area contributed by atoms with Gasteiger partial charge < -0.3 is 5.32 Å². The quantitative estimate of drug-likeness (QED) is 0.595. The van der Waals surface area contributed by atoms with Crippen molar-refractivity contribution >= 4 is 11.8 Å². The van der Waals surface area contributed by atoms with E-state index in [0.29, 0.717) is 0 Å². The van der Waals surface area contributed by atoms with Crippen LogP contribution in [0.4, 0.5) is 4.39 Å². The lowest BCUT2D eigenvalue weighted by Crippen LogP contribution is -2.56. The largest absolute Gasteiger partial charge is 0.316 e. The number of nitrogens with one attached hydrogen (secondary N) is 1. The first-order valence-corrected chi connectivity index (χ1v) is 5.34. The Kier molecular flexibility index (Phi) is 1.88. The van der Waals surface area contributed by atoms with E-state index in [0.717, 1.165) is 24.6 Å². The summed E-state index contributed by atoms with van der Waals surface area (Å²) in [4.78, 5) is 0. The molecule has 2 rings (SSSR count). The number of thioether (sulfide) groups is 1. The van der Waals surface area contributed by atoms with Crippen molar-refractivity contribution in [2.45, 2.75) is 12.6 Å². The predicted molar refractivity (Wildman–Crippen MR) is 46.7 cm³/mol. The van der Waals surface area contributed by atoms with Crippen molar-refractivity contribution in [3.63, 3.8) is 0 Å². The van der Waals surface area contributed by atoms with Crippen molar-refractivity contribution in [2.24, 2.45) is 11.8 Å². The molecule has 2 fully saturated rings. The summed E-state index contributed by atoms with van der Waals surface area (Å²) in [6.45, 7) is 3.52. The molecule has 2 unspecified atom stereocenters. The number of alkyl halides is 1. The zero-order valence-electron chi connectivity index (χ0n) is 6.77. The summed E-state index contributed by atoms with van der Waals surface area (Å²) in [5.74, 6) is 2.49. The molecule has 0 spiro atoms. The highest BCUT2D eigenvalue weighted by Gasteiger charge is 2.46. The number of hydrogen-bond donors (Lipinski definition) is 1. The third-order valence-electron chi connectivity index (χ3n) is 3.02. The molecule has 2 aliphatic rings. The Morgan fingerprint density at radius 1 is 1.36 bits per heavy atom. The van der Waals surface area contributed by atoms with Crippen LogP contribution in [0.15, 0.2) is 0 Å². The predicted octanol–water partition coefficient (Wildman–Crippen LogP) is 1.30. The monoisotopic (exact) mass is 175 g/mol. The lowest BCUT2D eigenvalue weighted by Gasteiger charge is -2.45. The average Bonchev–Trinajstić information content (AvgIpc) is 1.82. The molecule has 0 radical (unpaired) electrons. The fourth-order valence-corrected chi connectivity index (χ4v) is 3.55. The first-order chi connectivity index (χ1) is 5.21. The Hall–Kier alpha value is 0.240. The average molecular weight is 175 g/mol. The van der Waals surface area contributed by atoms with Gasteiger partial charge in [-0.25, -0.2) is 4.39 Å². The Morgan fingerprint density at radius 3 is 2.36 bits per heavy atom. The van der Waals surface area contributed by atoms with Gasteiger partial charge in [0.25, 0.3) is 0 Å².